The third-order valence-corrected chi connectivity index (χ3v) is 5.42. The lowest BCUT2D eigenvalue weighted by Gasteiger charge is -2.56. The van der Waals surface area contributed by atoms with Crippen LogP contribution in [-0.4, -0.2) is 47.2 Å². The summed E-state index contributed by atoms with van der Waals surface area (Å²) in [5, 5.41) is 2.11. The number of rotatable bonds is 5. The maximum absolute atomic E-state index is 11.1. The normalized spacial score (nSPS) is 26.9. The van der Waals surface area contributed by atoms with Gasteiger partial charge in [0.2, 0.25) is 0 Å². The smallest absolute Gasteiger partial charge is 0.302 e. The molecule has 2 atom stereocenters. The van der Waals surface area contributed by atoms with Crippen molar-refractivity contribution in [1.29, 1.82) is 0 Å². The van der Waals surface area contributed by atoms with Crippen LogP contribution in [-0.2, 0) is 23.8 Å². The molecule has 2 aliphatic rings. The van der Waals surface area contributed by atoms with Gasteiger partial charge in [-0.25, -0.2) is 0 Å². The van der Waals surface area contributed by atoms with Gasteiger partial charge in [0.15, 0.2) is 5.79 Å². The molecule has 1 spiro atoms. The third-order valence-electron chi connectivity index (χ3n) is 5.42. The van der Waals surface area contributed by atoms with Gasteiger partial charge >= 0.3 is 5.97 Å². The van der Waals surface area contributed by atoms with Crippen molar-refractivity contribution in [3.63, 3.8) is 0 Å². The molecule has 0 bridgehead atoms. The molecule has 0 N–H and O–H groups in total. The average Bonchev–Trinajstić information content (AvgIpc) is 2.98. The van der Waals surface area contributed by atoms with E-state index in [1.165, 1.54) is 6.92 Å². The Bertz CT molecular complexity index is 669. The molecule has 0 saturated carbocycles. The Morgan fingerprint density at radius 1 is 1.18 bits per heavy atom. The standard InChI is InChI=1S/C22H33NO5/c1-16(18-10-8-7-9-11-18)28-23-20(3,4)14-22(15-21(23,5)6)26-13-19(27-22)12-25-17(2)24/h7-11,16,19H,12-15H2,1-6H3. The average molecular weight is 392 g/mol. The molecule has 1 aromatic rings. The molecule has 6 nitrogen and oxygen atoms in total. The minimum atomic E-state index is -0.687. The molecule has 6 heteroatoms. The zero-order valence-electron chi connectivity index (χ0n) is 17.9. The number of ether oxygens (including phenoxy) is 3. The zero-order valence-corrected chi connectivity index (χ0v) is 17.9. The van der Waals surface area contributed by atoms with Gasteiger partial charge in [-0.05, 0) is 40.2 Å². The highest BCUT2D eigenvalue weighted by Gasteiger charge is 2.58. The number of hydrogen-bond acceptors (Lipinski definition) is 6. The molecular weight excluding hydrogens is 358 g/mol. The van der Waals surface area contributed by atoms with Crippen LogP contribution in [0.3, 0.4) is 0 Å². The molecule has 3 rings (SSSR count). The Morgan fingerprint density at radius 3 is 2.36 bits per heavy atom. The van der Waals surface area contributed by atoms with Crippen molar-refractivity contribution in [3.8, 4) is 0 Å². The Labute approximate surface area is 168 Å². The number of carbonyl (C=O) groups is 1. The molecule has 2 fully saturated rings. The topological polar surface area (TPSA) is 57.2 Å². The van der Waals surface area contributed by atoms with E-state index in [1.54, 1.807) is 0 Å². The summed E-state index contributed by atoms with van der Waals surface area (Å²) in [5.41, 5.74) is 0.534. The van der Waals surface area contributed by atoms with E-state index in [-0.39, 0.29) is 35.9 Å². The fourth-order valence-electron chi connectivity index (χ4n) is 4.67. The van der Waals surface area contributed by atoms with Crippen LogP contribution in [0.2, 0.25) is 0 Å². The summed E-state index contributed by atoms with van der Waals surface area (Å²) in [6, 6.07) is 10.2. The molecular formula is C22H33NO5. The van der Waals surface area contributed by atoms with Crippen molar-refractivity contribution in [1.82, 2.24) is 5.06 Å². The van der Waals surface area contributed by atoms with Crippen LogP contribution in [0.1, 0.15) is 66.1 Å². The Morgan fingerprint density at radius 2 is 1.79 bits per heavy atom. The predicted molar refractivity (Wildman–Crippen MR) is 105 cm³/mol. The van der Waals surface area contributed by atoms with Crippen LogP contribution in [0.4, 0.5) is 0 Å². The van der Waals surface area contributed by atoms with E-state index in [4.69, 9.17) is 19.0 Å². The van der Waals surface area contributed by atoms with Crippen LogP contribution in [0, 0.1) is 0 Å². The molecule has 1 aromatic carbocycles. The van der Waals surface area contributed by atoms with Crippen LogP contribution in [0.25, 0.3) is 0 Å². The van der Waals surface area contributed by atoms with E-state index in [1.807, 2.05) is 18.2 Å². The summed E-state index contributed by atoms with van der Waals surface area (Å²) < 4.78 is 17.5. The van der Waals surface area contributed by atoms with Gasteiger partial charge in [0.25, 0.3) is 0 Å². The highest BCUT2D eigenvalue weighted by Crippen LogP contribution is 2.49. The molecule has 0 aromatic heterocycles. The van der Waals surface area contributed by atoms with Gasteiger partial charge in [0, 0.05) is 30.8 Å². The molecule has 2 aliphatic heterocycles. The van der Waals surface area contributed by atoms with Gasteiger partial charge in [-0.2, -0.15) is 5.06 Å². The summed E-state index contributed by atoms with van der Waals surface area (Å²) in [7, 11) is 0. The van der Waals surface area contributed by atoms with Crippen molar-refractivity contribution in [3.05, 3.63) is 35.9 Å². The molecule has 156 valence electrons. The van der Waals surface area contributed by atoms with Gasteiger partial charge < -0.3 is 14.2 Å². The van der Waals surface area contributed by atoms with Gasteiger partial charge in [-0.15, -0.1) is 0 Å². The second-order valence-electron chi connectivity index (χ2n) is 9.20. The highest BCUT2D eigenvalue weighted by molar-refractivity contribution is 5.65. The van der Waals surface area contributed by atoms with E-state index < -0.39 is 5.79 Å². The first-order chi connectivity index (χ1) is 13.0. The summed E-state index contributed by atoms with van der Waals surface area (Å²) >= 11 is 0. The first kappa shape index (κ1) is 21.2. The Balaban J connectivity index is 1.72. The van der Waals surface area contributed by atoms with Crippen molar-refractivity contribution < 1.29 is 23.8 Å². The molecule has 0 aliphatic carbocycles. The van der Waals surface area contributed by atoms with Crippen LogP contribution < -0.4 is 0 Å². The first-order valence-electron chi connectivity index (χ1n) is 10.0. The number of carbonyl (C=O) groups excluding carboxylic acids is 1. The van der Waals surface area contributed by atoms with Gasteiger partial charge in [-0.3, -0.25) is 9.63 Å². The molecule has 0 amide bonds. The minimum Gasteiger partial charge on any atom is -0.463 e. The largest absolute Gasteiger partial charge is 0.463 e. The minimum absolute atomic E-state index is 0.0593. The van der Waals surface area contributed by atoms with E-state index >= 15 is 0 Å². The van der Waals surface area contributed by atoms with E-state index in [9.17, 15) is 4.79 Å². The Hall–Kier alpha value is -1.47. The second kappa shape index (κ2) is 7.75. The molecule has 28 heavy (non-hydrogen) atoms. The SMILES string of the molecule is CC(=O)OCC1COC2(CC(C)(C)N(OC(C)c3ccccc3)C(C)(C)C2)O1. The van der Waals surface area contributed by atoms with Crippen molar-refractivity contribution in [2.45, 2.75) is 83.5 Å². The number of hydrogen-bond donors (Lipinski definition) is 0. The van der Waals surface area contributed by atoms with Crippen molar-refractivity contribution >= 4 is 5.97 Å². The number of piperidine rings is 1. The fourth-order valence-corrected chi connectivity index (χ4v) is 4.67. The Kier molecular flexibility index (Phi) is 5.88. The summed E-state index contributed by atoms with van der Waals surface area (Å²) in [6.45, 7) is 12.7. The van der Waals surface area contributed by atoms with E-state index in [0.29, 0.717) is 19.4 Å². The number of hydroxylamine groups is 2. The highest BCUT2D eigenvalue weighted by atomic mass is 16.8. The van der Waals surface area contributed by atoms with Crippen molar-refractivity contribution in [2.75, 3.05) is 13.2 Å². The summed E-state index contributed by atoms with van der Waals surface area (Å²) in [4.78, 5) is 17.6. The summed E-state index contributed by atoms with van der Waals surface area (Å²) in [5.74, 6) is -0.989. The molecule has 2 saturated heterocycles. The van der Waals surface area contributed by atoms with Crippen LogP contribution >= 0.6 is 0 Å². The number of benzene rings is 1. The van der Waals surface area contributed by atoms with E-state index in [2.05, 4.69) is 51.8 Å². The monoisotopic (exact) mass is 391 g/mol. The predicted octanol–water partition coefficient (Wildman–Crippen LogP) is 4.01. The van der Waals surface area contributed by atoms with E-state index in [0.717, 1.165) is 5.56 Å². The molecule has 2 heterocycles. The van der Waals surface area contributed by atoms with Gasteiger partial charge in [0.05, 0.1) is 6.61 Å². The second-order valence-corrected chi connectivity index (χ2v) is 9.20. The first-order valence-corrected chi connectivity index (χ1v) is 10.0. The quantitative estimate of drug-likeness (QED) is 0.707. The number of nitrogens with zero attached hydrogens (tertiary/aromatic N) is 1. The van der Waals surface area contributed by atoms with Gasteiger partial charge in [0.1, 0.15) is 18.8 Å². The fraction of sp³-hybridized carbons (Fsp3) is 0.682. The van der Waals surface area contributed by atoms with Gasteiger partial charge in [-0.1, -0.05) is 30.3 Å². The van der Waals surface area contributed by atoms with Crippen molar-refractivity contribution in [2.24, 2.45) is 0 Å². The zero-order chi connectivity index (χ0) is 20.6. The lowest BCUT2D eigenvalue weighted by Crippen LogP contribution is -2.65. The van der Waals surface area contributed by atoms with Crippen LogP contribution in [0.5, 0.6) is 0 Å². The summed E-state index contributed by atoms with van der Waals surface area (Å²) in [6.07, 6.45) is 1.05. The maximum Gasteiger partial charge on any atom is 0.302 e. The molecule has 0 radical (unpaired) electrons. The third kappa shape index (κ3) is 4.57. The van der Waals surface area contributed by atoms with Crippen LogP contribution in [0.15, 0.2) is 30.3 Å². The maximum atomic E-state index is 11.1. The lowest BCUT2D eigenvalue weighted by atomic mass is 9.78. The number of esters is 1. The molecule has 2 unspecified atom stereocenters. The lowest BCUT2D eigenvalue weighted by molar-refractivity contribution is -0.351.